The van der Waals surface area contributed by atoms with Gasteiger partial charge in [0.15, 0.2) is 0 Å². The van der Waals surface area contributed by atoms with E-state index in [-0.39, 0.29) is 17.9 Å². The van der Waals surface area contributed by atoms with Crippen molar-refractivity contribution in [2.75, 3.05) is 6.54 Å². The van der Waals surface area contributed by atoms with Crippen LogP contribution in [-0.2, 0) is 4.79 Å². The van der Waals surface area contributed by atoms with Gasteiger partial charge >= 0.3 is 0 Å². The molecule has 0 spiro atoms. The number of hydrogen-bond acceptors (Lipinski definition) is 2. The quantitative estimate of drug-likeness (QED) is 0.682. The van der Waals surface area contributed by atoms with Gasteiger partial charge in [-0.2, -0.15) is 0 Å². The second kappa shape index (κ2) is 4.79. The maximum Gasteiger partial charge on any atom is 0.223 e. The van der Waals surface area contributed by atoms with Gasteiger partial charge in [-0.15, -0.1) is 0 Å². The maximum absolute atomic E-state index is 11.7. The van der Waals surface area contributed by atoms with Gasteiger partial charge in [0.05, 0.1) is 0 Å². The molecule has 1 amide bonds. The van der Waals surface area contributed by atoms with Crippen LogP contribution in [0.25, 0.3) is 0 Å². The lowest BCUT2D eigenvalue weighted by Crippen LogP contribution is -2.41. The molecule has 0 aromatic carbocycles. The zero-order valence-electron chi connectivity index (χ0n) is 9.11. The highest BCUT2D eigenvalue weighted by Gasteiger charge is 2.29. The fourth-order valence-corrected chi connectivity index (χ4v) is 2.09. The minimum atomic E-state index is 0.174. The minimum absolute atomic E-state index is 0.174. The molecule has 84 valence electrons. The van der Waals surface area contributed by atoms with Gasteiger partial charge in [-0.1, -0.05) is 12.2 Å². The van der Waals surface area contributed by atoms with Gasteiger partial charge in [-0.25, -0.2) is 0 Å². The summed E-state index contributed by atoms with van der Waals surface area (Å²) in [7, 11) is 0. The van der Waals surface area contributed by atoms with Gasteiger partial charge in [0, 0.05) is 18.5 Å². The third kappa shape index (κ3) is 3.06. The molecule has 2 aliphatic rings. The summed E-state index contributed by atoms with van der Waals surface area (Å²) in [5, 5.41) is 2.98. The van der Waals surface area contributed by atoms with Crippen LogP contribution < -0.4 is 11.1 Å². The molecule has 3 heteroatoms. The first kappa shape index (κ1) is 10.7. The van der Waals surface area contributed by atoms with Crippen molar-refractivity contribution in [3.63, 3.8) is 0 Å². The highest BCUT2D eigenvalue weighted by molar-refractivity contribution is 5.79. The fraction of sp³-hybridized carbons (Fsp3) is 0.750. The van der Waals surface area contributed by atoms with Gasteiger partial charge in [-0.05, 0) is 38.0 Å². The molecule has 0 heterocycles. The highest BCUT2D eigenvalue weighted by Crippen LogP contribution is 2.31. The van der Waals surface area contributed by atoms with E-state index < -0.39 is 0 Å². The number of nitrogens with one attached hydrogen (secondary N) is 1. The van der Waals surface area contributed by atoms with Crippen molar-refractivity contribution in [1.82, 2.24) is 5.32 Å². The van der Waals surface area contributed by atoms with Crippen LogP contribution in [0.15, 0.2) is 12.2 Å². The van der Waals surface area contributed by atoms with Crippen LogP contribution in [0, 0.1) is 11.8 Å². The zero-order valence-corrected chi connectivity index (χ0v) is 9.11. The summed E-state index contributed by atoms with van der Waals surface area (Å²) in [5.41, 5.74) is 5.93. The summed E-state index contributed by atoms with van der Waals surface area (Å²) in [5.74, 6) is 1.04. The Labute approximate surface area is 91.1 Å². The van der Waals surface area contributed by atoms with E-state index in [9.17, 15) is 4.79 Å². The zero-order chi connectivity index (χ0) is 10.7. The van der Waals surface area contributed by atoms with Crippen molar-refractivity contribution < 1.29 is 4.79 Å². The van der Waals surface area contributed by atoms with Gasteiger partial charge in [0.2, 0.25) is 5.91 Å². The van der Waals surface area contributed by atoms with E-state index in [1.807, 2.05) is 0 Å². The van der Waals surface area contributed by atoms with Crippen LogP contribution in [0.5, 0.6) is 0 Å². The molecule has 15 heavy (non-hydrogen) atoms. The summed E-state index contributed by atoms with van der Waals surface area (Å²) in [4.78, 5) is 11.7. The topological polar surface area (TPSA) is 55.1 Å². The van der Waals surface area contributed by atoms with E-state index in [4.69, 9.17) is 5.73 Å². The van der Waals surface area contributed by atoms with Crippen LogP contribution in [0.4, 0.5) is 0 Å². The lowest BCUT2D eigenvalue weighted by Gasteiger charge is -2.19. The third-order valence-corrected chi connectivity index (χ3v) is 3.38. The van der Waals surface area contributed by atoms with Gasteiger partial charge < -0.3 is 11.1 Å². The standard InChI is InChI=1S/C12H20N2O/c13-11(9-6-7-9)8-14-12(15)10-4-2-1-3-5-10/h1-2,9-11H,3-8,13H2,(H,14,15). The molecule has 1 fully saturated rings. The molecule has 3 N–H and O–H groups in total. The van der Waals surface area contributed by atoms with E-state index in [2.05, 4.69) is 17.5 Å². The summed E-state index contributed by atoms with van der Waals surface area (Å²) < 4.78 is 0. The molecule has 0 saturated heterocycles. The van der Waals surface area contributed by atoms with Crippen molar-refractivity contribution in [2.45, 2.75) is 38.1 Å². The average Bonchev–Trinajstić information content (AvgIpc) is 3.10. The molecule has 0 aromatic heterocycles. The van der Waals surface area contributed by atoms with Crippen LogP contribution in [-0.4, -0.2) is 18.5 Å². The number of nitrogens with two attached hydrogens (primary N) is 1. The Hall–Kier alpha value is -0.830. The van der Waals surface area contributed by atoms with Gasteiger partial charge in [-0.3, -0.25) is 4.79 Å². The third-order valence-electron chi connectivity index (χ3n) is 3.38. The number of rotatable bonds is 4. The molecule has 2 unspecified atom stereocenters. The number of carbonyl (C=O) groups excluding carboxylic acids is 1. The average molecular weight is 208 g/mol. The Kier molecular flexibility index (Phi) is 3.41. The summed E-state index contributed by atoms with van der Waals surface area (Å²) >= 11 is 0. The largest absolute Gasteiger partial charge is 0.354 e. The van der Waals surface area contributed by atoms with Crippen LogP contribution in [0.1, 0.15) is 32.1 Å². The molecule has 3 nitrogen and oxygen atoms in total. The Bertz CT molecular complexity index is 258. The van der Waals surface area contributed by atoms with Crippen molar-refractivity contribution >= 4 is 5.91 Å². The number of carbonyl (C=O) groups is 1. The number of amides is 1. The normalized spacial score (nSPS) is 27.4. The van der Waals surface area contributed by atoms with Crippen LogP contribution in [0.2, 0.25) is 0 Å². The van der Waals surface area contributed by atoms with Crippen molar-refractivity contribution in [3.05, 3.63) is 12.2 Å². The molecule has 0 aliphatic heterocycles. The van der Waals surface area contributed by atoms with Gasteiger partial charge in [0.25, 0.3) is 0 Å². The minimum Gasteiger partial charge on any atom is -0.354 e. The SMILES string of the molecule is NC(CNC(=O)C1CC=CCC1)C1CC1. The molecule has 2 atom stereocenters. The monoisotopic (exact) mass is 208 g/mol. The Morgan fingerprint density at radius 2 is 2.20 bits per heavy atom. The van der Waals surface area contributed by atoms with Crippen molar-refractivity contribution in [2.24, 2.45) is 17.6 Å². The first-order valence-electron chi connectivity index (χ1n) is 5.95. The molecule has 0 radical (unpaired) electrons. The predicted octanol–water partition coefficient (Wildman–Crippen LogP) is 1.20. The molecule has 2 rings (SSSR count). The molecular weight excluding hydrogens is 188 g/mol. The summed E-state index contributed by atoms with van der Waals surface area (Å²) in [6, 6.07) is 0.174. The fourth-order valence-electron chi connectivity index (χ4n) is 2.09. The van der Waals surface area contributed by atoms with E-state index in [0.717, 1.165) is 19.3 Å². The van der Waals surface area contributed by atoms with Gasteiger partial charge in [0.1, 0.15) is 0 Å². The van der Waals surface area contributed by atoms with E-state index >= 15 is 0 Å². The second-order valence-corrected chi connectivity index (χ2v) is 4.73. The molecular formula is C12H20N2O. The number of allylic oxidation sites excluding steroid dienone is 2. The summed E-state index contributed by atoms with van der Waals surface area (Å²) in [6.07, 6.45) is 9.65. The van der Waals surface area contributed by atoms with Crippen LogP contribution in [0.3, 0.4) is 0 Å². The second-order valence-electron chi connectivity index (χ2n) is 4.73. The smallest absolute Gasteiger partial charge is 0.223 e. The first-order valence-corrected chi connectivity index (χ1v) is 5.95. The highest BCUT2D eigenvalue weighted by atomic mass is 16.1. The first-order chi connectivity index (χ1) is 7.27. The maximum atomic E-state index is 11.7. The predicted molar refractivity (Wildman–Crippen MR) is 60.2 cm³/mol. The van der Waals surface area contributed by atoms with E-state index in [1.165, 1.54) is 12.8 Å². The Morgan fingerprint density at radius 3 is 2.80 bits per heavy atom. The van der Waals surface area contributed by atoms with E-state index in [1.54, 1.807) is 0 Å². The molecule has 0 bridgehead atoms. The molecule has 1 saturated carbocycles. The molecule has 0 aromatic rings. The van der Waals surface area contributed by atoms with Crippen LogP contribution >= 0.6 is 0 Å². The van der Waals surface area contributed by atoms with E-state index in [0.29, 0.717) is 12.5 Å². The lowest BCUT2D eigenvalue weighted by atomic mass is 9.93. The van der Waals surface area contributed by atoms with Crippen molar-refractivity contribution in [1.29, 1.82) is 0 Å². The Morgan fingerprint density at radius 1 is 1.40 bits per heavy atom. The summed E-state index contributed by atoms with van der Waals surface area (Å²) in [6.45, 7) is 0.656. The Balaban J connectivity index is 1.69. The molecule has 2 aliphatic carbocycles. The van der Waals surface area contributed by atoms with Crippen molar-refractivity contribution in [3.8, 4) is 0 Å². The lowest BCUT2D eigenvalue weighted by molar-refractivity contribution is -0.125. The number of hydrogen-bond donors (Lipinski definition) is 2.